The van der Waals surface area contributed by atoms with Crippen LogP contribution in [-0.2, 0) is 12.8 Å². The van der Waals surface area contributed by atoms with Crippen LogP contribution in [0.5, 0.6) is 0 Å². The van der Waals surface area contributed by atoms with E-state index in [1.54, 1.807) is 5.57 Å². The lowest BCUT2D eigenvalue weighted by Gasteiger charge is -2.41. The molecule has 2 nitrogen and oxygen atoms in total. The molecular formula is C56H39BN2. The topological polar surface area (TPSA) is 8.17 Å². The van der Waals surface area contributed by atoms with Crippen LogP contribution in [0.4, 0.5) is 11.4 Å². The van der Waals surface area contributed by atoms with Crippen molar-refractivity contribution in [2.75, 3.05) is 4.90 Å². The first-order chi connectivity index (χ1) is 29.2. The summed E-state index contributed by atoms with van der Waals surface area (Å²) in [4.78, 5) is 2.54. The van der Waals surface area contributed by atoms with E-state index in [0.717, 1.165) is 32.1 Å². The first kappa shape index (κ1) is 32.2. The van der Waals surface area contributed by atoms with E-state index in [0.29, 0.717) is 5.92 Å². The van der Waals surface area contributed by atoms with E-state index in [4.69, 9.17) is 0 Å². The van der Waals surface area contributed by atoms with Gasteiger partial charge in [0.1, 0.15) is 0 Å². The second-order valence-corrected chi connectivity index (χ2v) is 17.4. The lowest BCUT2D eigenvalue weighted by Crippen LogP contribution is -2.60. The normalized spacial score (nSPS) is 17.5. The molecule has 14 rings (SSSR count). The number of hydrogen-bond acceptors (Lipinski definition) is 1. The molecule has 3 heterocycles. The van der Waals surface area contributed by atoms with Crippen LogP contribution in [0, 0.1) is 0 Å². The highest BCUT2D eigenvalue weighted by atomic mass is 15.2. The molecule has 0 saturated carbocycles. The van der Waals surface area contributed by atoms with E-state index in [2.05, 4.69) is 179 Å². The van der Waals surface area contributed by atoms with Crippen LogP contribution in [0.15, 0.2) is 181 Å². The van der Waals surface area contributed by atoms with E-state index >= 15 is 0 Å². The maximum atomic E-state index is 2.62. The van der Waals surface area contributed by atoms with Crippen LogP contribution in [0.2, 0.25) is 0 Å². The van der Waals surface area contributed by atoms with Crippen molar-refractivity contribution in [3.05, 3.63) is 209 Å². The van der Waals surface area contributed by atoms with Crippen molar-refractivity contribution < 1.29 is 0 Å². The fourth-order valence-electron chi connectivity index (χ4n) is 11.8. The van der Waals surface area contributed by atoms with Crippen LogP contribution in [0.25, 0.3) is 55.3 Å². The van der Waals surface area contributed by atoms with E-state index in [9.17, 15) is 0 Å². The molecule has 59 heavy (non-hydrogen) atoms. The average Bonchev–Trinajstić information content (AvgIpc) is 3.97. The zero-order valence-corrected chi connectivity index (χ0v) is 32.8. The van der Waals surface area contributed by atoms with Gasteiger partial charge in [0.05, 0.1) is 5.52 Å². The molecule has 2 aliphatic heterocycles. The quantitative estimate of drug-likeness (QED) is 0.163. The molecule has 0 radical (unpaired) electrons. The molecule has 1 atom stereocenters. The SMILES string of the molecule is C1=CC(N2c3ccccc3B3c4c2cccc4-n2c4ccc(C5C=CC6=C(Cc7ccccc76)C5)cc4c4cc(-c5ccc6c(c5)Cc5ccccc5-6)cc3c42)=CCC1. The van der Waals surface area contributed by atoms with E-state index < -0.39 is 0 Å². The third-order valence-corrected chi connectivity index (χ3v) is 14.4. The van der Waals surface area contributed by atoms with Crippen LogP contribution < -0.4 is 21.3 Å². The molecule has 0 saturated heterocycles. The number of fused-ring (bicyclic) bond motifs is 12. The van der Waals surface area contributed by atoms with Crippen molar-refractivity contribution >= 4 is 61.9 Å². The summed E-state index contributed by atoms with van der Waals surface area (Å²) in [6.45, 7) is 0.106. The van der Waals surface area contributed by atoms with E-state index in [-0.39, 0.29) is 6.71 Å². The number of rotatable bonds is 3. The highest BCUT2D eigenvalue weighted by Crippen LogP contribution is 2.46. The fourth-order valence-corrected chi connectivity index (χ4v) is 11.8. The van der Waals surface area contributed by atoms with Crippen molar-refractivity contribution in [1.82, 2.24) is 4.57 Å². The maximum absolute atomic E-state index is 2.62. The summed E-state index contributed by atoms with van der Waals surface area (Å²) in [7, 11) is 0. The Hall–Kier alpha value is -6.84. The minimum absolute atomic E-state index is 0.106. The molecule has 3 heteroatoms. The smallest absolute Gasteiger partial charge is 0.252 e. The van der Waals surface area contributed by atoms with E-state index in [1.165, 1.54) is 117 Å². The molecule has 0 bridgehead atoms. The van der Waals surface area contributed by atoms with Crippen molar-refractivity contribution in [3.63, 3.8) is 0 Å². The summed E-state index contributed by atoms with van der Waals surface area (Å²) in [5.41, 5.74) is 27.5. The Morgan fingerprint density at radius 1 is 0.559 bits per heavy atom. The van der Waals surface area contributed by atoms with Gasteiger partial charge in [0.2, 0.25) is 0 Å². The predicted molar refractivity (Wildman–Crippen MR) is 248 cm³/mol. The van der Waals surface area contributed by atoms with Gasteiger partial charge in [-0.05, 0) is 147 Å². The number of nitrogens with zero attached hydrogens (tertiary/aromatic N) is 2. The lowest BCUT2D eigenvalue weighted by molar-refractivity contribution is 0.804. The number of hydrogen-bond donors (Lipinski definition) is 0. The van der Waals surface area contributed by atoms with Gasteiger partial charge in [0.25, 0.3) is 6.71 Å². The Labute approximate surface area is 344 Å². The highest BCUT2D eigenvalue weighted by Gasteiger charge is 2.42. The lowest BCUT2D eigenvalue weighted by atomic mass is 9.33. The van der Waals surface area contributed by atoms with Gasteiger partial charge in [-0.15, -0.1) is 0 Å². The molecule has 276 valence electrons. The van der Waals surface area contributed by atoms with Gasteiger partial charge in [-0.3, -0.25) is 0 Å². The van der Waals surface area contributed by atoms with Crippen molar-refractivity contribution in [3.8, 4) is 27.9 Å². The number of para-hydroxylation sites is 1. The van der Waals surface area contributed by atoms with Crippen molar-refractivity contribution in [1.29, 1.82) is 0 Å². The molecule has 7 aromatic carbocycles. The number of aromatic nitrogens is 1. The van der Waals surface area contributed by atoms with Gasteiger partial charge in [-0.1, -0.05) is 133 Å². The Balaban J connectivity index is 1.00. The van der Waals surface area contributed by atoms with Crippen LogP contribution >= 0.6 is 0 Å². The third-order valence-electron chi connectivity index (χ3n) is 14.4. The monoisotopic (exact) mass is 750 g/mol. The third kappa shape index (κ3) is 4.43. The zero-order valence-electron chi connectivity index (χ0n) is 32.8. The molecule has 6 aliphatic rings. The van der Waals surface area contributed by atoms with Gasteiger partial charge in [-0.25, -0.2) is 0 Å². The fraction of sp³-hybridized carbons (Fsp3) is 0.107. The van der Waals surface area contributed by atoms with Crippen molar-refractivity contribution in [2.24, 2.45) is 0 Å². The average molecular weight is 751 g/mol. The van der Waals surface area contributed by atoms with Crippen LogP contribution in [-0.4, -0.2) is 11.3 Å². The zero-order chi connectivity index (χ0) is 38.3. The number of benzene rings is 7. The number of allylic oxidation sites excluding steroid dienone is 7. The minimum atomic E-state index is 0.106. The molecular weight excluding hydrogens is 711 g/mol. The van der Waals surface area contributed by atoms with Crippen LogP contribution in [0.1, 0.15) is 53.0 Å². The molecule has 0 N–H and O–H groups in total. The molecule has 0 fully saturated rings. The van der Waals surface area contributed by atoms with Crippen molar-refractivity contribution in [2.45, 2.75) is 38.0 Å². The Morgan fingerprint density at radius 3 is 2.29 bits per heavy atom. The Morgan fingerprint density at radius 2 is 1.37 bits per heavy atom. The molecule has 0 spiro atoms. The van der Waals surface area contributed by atoms with Crippen LogP contribution in [0.3, 0.4) is 0 Å². The molecule has 8 aromatic rings. The summed E-state index contributed by atoms with van der Waals surface area (Å²) in [6.07, 6.45) is 17.3. The largest absolute Gasteiger partial charge is 0.312 e. The first-order valence-corrected chi connectivity index (χ1v) is 21.5. The molecule has 1 unspecified atom stereocenters. The second-order valence-electron chi connectivity index (χ2n) is 17.4. The Bertz CT molecular complexity index is 3330. The Kier molecular flexibility index (Phi) is 6.47. The van der Waals surface area contributed by atoms with Gasteiger partial charge in [-0.2, -0.15) is 0 Å². The van der Waals surface area contributed by atoms with E-state index in [1.807, 2.05) is 0 Å². The van der Waals surface area contributed by atoms with Gasteiger partial charge in [0, 0.05) is 45.0 Å². The highest BCUT2D eigenvalue weighted by molar-refractivity contribution is 7.00. The maximum Gasteiger partial charge on any atom is 0.252 e. The van der Waals surface area contributed by atoms with Gasteiger partial charge in [0.15, 0.2) is 0 Å². The summed E-state index contributed by atoms with van der Waals surface area (Å²) < 4.78 is 2.62. The second kappa shape index (κ2) is 11.9. The summed E-state index contributed by atoms with van der Waals surface area (Å²) in [6, 6.07) is 53.8. The molecule has 1 aromatic heterocycles. The number of anilines is 2. The summed E-state index contributed by atoms with van der Waals surface area (Å²) >= 11 is 0. The van der Waals surface area contributed by atoms with Gasteiger partial charge >= 0.3 is 0 Å². The molecule has 0 amide bonds. The first-order valence-electron chi connectivity index (χ1n) is 21.5. The summed E-state index contributed by atoms with van der Waals surface area (Å²) in [5, 5.41) is 2.69. The predicted octanol–water partition coefficient (Wildman–Crippen LogP) is 11.6. The molecule has 4 aliphatic carbocycles. The summed E-state index contributed by atoms with van der Waals surface area (Å²) in [5.74, 6) is 0.350. The standard InChI is InChI=1S/C56H39BN2/c1-2-13-42(14-3-1)58-52-18-9-8-17-49(52)57-50-33-39(35-22-25-46-41(28-35)30-38-12-5-7-16-44(38)46)32-48-47-31-36(34-21-24-45-40(27-34)29-37-11-4-6-15-43(37)45)23-26-51(47)59(56(48)50)54-20-10-19-53(58)55(54)57/h2,4-26,28,31-34H,1,3,27,29-30H2. The van der Waals surface area contributed by atoms with Gasteiger partial charge < -0.3 is 9.47 Å². The minimum Gasteiger partial charge on any atom is -0.312 e.